The van der Waals surface area contributed by atoms with Crippen molar-refractivity contribution in [1.29, 1.82) is 0 Å². The van der Waals surface area contributed by atoms with Gasteiger partial charge in [0.15, 0.2) is 11.2 Å². The van der Waals surface area contributed by atoms with Crippen LogP contribution in [0.4, 0.5) is 0 Å². The van der Waals surface area contributed by atoms with Crippen LogP contribution < -0.4 is 10.7 Å². The number of ketones is 1. The molecule has 1 heterocycles. The third kappa shape index (κ3) is 2.79. The second kappa shape index (κ2) is 6.62. The normalized spacial score (nSPS) is 11.6. The van der Waals surface area contributed by atoms with Gasteiger partial charge >= 0.3 is 5.97 Å². The van der Waals surface area contributed by atoms with E-state index in [1.807, 2.05) is 12.1 Å². The third-order valence-electron chi connectivity index (χ3n) is 4.63. The van der Waals surface area contributed by atoms with Gasteiger partial charge in [-0.2, -0.15) is 0 Å². The van der Waals surface area contributed by atoms with E-state index >= 15 is 0 Å². The van der Waals surface area contributed by atoms with Crippen molar-refractivity contribution in [2.75, 3.05) is 0 Å². The van der Waals surface area contributed by atoms with Crippen LogP contribution in [-0.2, 0) is 6.67 Å². The molecule has 0 unspecified atom stereocenters. The monoisotopic (exact) mass is 374 g/mol. The van der Waals surface area contributed by atoms with Gasteiger partial charge in [0.25, 0.3) is 5.91 Å². The highest BCUT2D eigenvalue weighted by molar-refractivity contribution is 6.25. The molecule has 138 valence electrons. The highest BCUT2D eigenvalue weighted by atomic mass is 16.4. The van der Waals surface area contributed by atoms with E-state index in [0.29, 0.717) is 16.7 Å². The number of aromatic carboxylic acids is 1. The number of fused-ring (bicyclic) bond motifs is 3. The molecular formula is C21H14N2O5. The second-order valence-corrected chi connectivity index (χ2v) is 6.31. The molecule has 0 fully saturated rings. The summed E-state index contributed by atoms with van der Waals surface area (Å²) in [6.45, 7) is -0.0514. The van der Waals surface area contributed by atoms with E-state index in [4.69, 9.17) is 5.11 Å². The molecule has 0 atom stereocenters. The molecule has 0 radical (unpaired) electrons. The smallest absolute Gasteiger partial charge is 0.341 e. The van der Waals surface area contributed by atoms with Crippen molar-refractivity contribution in [3.05, 3.63) is 93.4 Å². The molecule has 7 nitrogen and oxygen atoms in total. The Morgan fingerprint density at radius 2 is 1.61 bits per heavy atom. The van der Waals surface area contributed by atoms with Gasteiger partial charge in [-0.05, 0) is 17.2 Å². The lowest BCUT2D eigenvalue weighted by molar-refractivity contribution is 0.0694. The van der Waals surface area contributed by atoms with Crippen LogP contribution in [0, 0.1) is 0 Å². The fourth-order valence-corrected chi connectivity index (χ4v) is 3.30. The molecule has 3 aromatic rings. The molecule has 4 rings (SSSR count). The zero-order chi connectivity index (χ0) is 19.8. The lowest BCUT2D eigenvalue weighted by atomic mass is 10.0. The molecule has 0 spiro atoms. The maximum Gasteiger partial charge on any atom is 0.341 e. The van der Waals surface area contributed by atoms with Crippen LogP contribution in [0.2, 0.25) is 0 Å². The van der Waals surface area contributed by atoms with Gasteiger partial charge < -0.3 is 15.0 Å². The average Bonchev–Trinajstić information content (AvgIpc) is 3.00. The number of hydrogen-bond donors (Lipinski definition) is 2. The van der Waals surface area contributed by atoms with Crippen molar-refractivity contribution >= 4 is 17.7 Å². The van der Waals surface area contributed by atoms with Crippen molar-refractivity contribution in [2.24, 2.45) is 0 Å². The number of rotatable bonds is 4. The van der Waals surface area contributed by atoms with Crippen molar-refractivity contribution in [1.82, 2.24) is 9.88 Å². The lowest BCUT2D eigenvalue weighted by Crippen LogP contribution is -2.28. The highest BCUT2D eigenvalue weighted by Gasteiger charge is 2.30. The molecule has 2 N–H and O–H groups in total. The van der Waals surface area contributed by atoms with Gasteiger partial charge in [-0.3, -0.25) is 14.4 Å². The second-order valence-electron chi connectivity index (χ2n) is 6.31. The van der Waals surface area contributed by atoms with E-state index in [1.54, 1.807) is 30.3 Å². The summed E-state index contributed by atoms with van der Waals surface area (Å²) in [5, 5.41) is 11.7. The van der Waals surface area contributed by atoms with Crippen molar-refractivity contribution in [2.45, 2.75) is 6.67 Å². The summed E-state index contributed by atoms with van der Waals surface area (Å²) < 4.78 is 1.38. The fourth-order valence-electron chi connectivity index (χ4n) is 3.30. The van der Waals surface area contributed by atoms with Crippen LogP contribution in [0.5, 0.6) is 0 Å². The van der Waals surface area contributed by atoms with E-state index in [2.05, 4.69) is 5.32 Å². The van der Waals surface area contributed by atoms with Crippen LogP contribution >= 0.6 is 0 Å². The third-order valence-corrected chi connectivity index (χ3v) is 4.63. The van der Waals surface area contributed by atoms with Crippen LogP contribution in [0.15, 0.2) is 65.7 Å². The average molecular weight is 374 g/mol. The van der Waals surface area contributed by atoms with E-state index in [9.17, 15) is 19.2 Å². The largest absolute Gasteiger partial charge is 0.477 e. The Bertz CT molecular complexity index is 1210. The molecule has 7 heteroatoms. The van der Waals surface area contributed by atoms with Gasteiger partial charge in [-0.25, -0.2) is 4.79 Å². The Labute approximate surface area is 158 Å². The number of nitrogens with zero attached hydrogens (tertiary/aromatic N) is 1. The molecule has 0 saturated carbocycles. The van der Waals surface area contributed by atoms with Crippen LogP contribution in [0.3, 0.4) is 0 Å². The Hall–Kier alpha value is -4.00. The van der Waals surface area contributed by atoms with Crippen molar-refractivity contribution in [3.63, 3.8) is 0 Å². The minimum Gasteiger partial charge on any atom is -0.477 e. The SMILES string of the molecule is O=C(NCn1ccc(=O)c(C(=O)O)c1)c1cccc2c1C(=O)c1ccccc1-2. The Balaban J connectivity index is 1.61. The topological polar surface area (TPSA) is 105 Å². The molecule has 28 heavy (non-hydrogen) atoms. The van der Waals surface area contributed by atoms with Gasteiger partial charge in [-0.15, -0.1) is 0 Å². The number of carbonyl (C=O) groups is 3. The van der Waals surface area contributed by atoms with Crippen LogP contribution in [-0.4, -0.2) is 27.3 Å². The highest BCUT2D eigenvalue weighted by Crippen LogP contribution is 2.37. The number of amides is 1. The summed E-state index contributed by atoms with van der Waals surface area (Å²) in [6, 6.07) is 13.4. The summed E-state index contributed by atoms with van der Waals surface area (Å²) in [5.74, 6) is -2.00. The summed E-state index contributed by atoms with van der Waals surface area (Å²) >= 11 is 0. The first-order valence-electron chi connectivity index (χ1n) is 8.46. The van der Waals surface area contributed by atoms with E-state index in [0.717, 1.165) is 17.8 Å². The fraction of sp³-hybridized carbons (Fsp3) is 0.0476. The molecular weight excluding hydrogens is 360 g/mol. The van der Waals surface area contributed by atoms with E-state index in [-0.39, 0.29) is 23.6 Å². The zero-order valence-corrected chi connectivity index (χ0v) is 14.5. The van der Waals surface area contributed by atoms with Gasteiger partial charge in [0.1, 0.15) is 5.56 Å². The zero-order valence-electron chi connectivity index (χ0n) is 14.5. The number of carbonyl (C=O) groups excluding carboxylic acids is 2. The van der Waals surface area contributed by atoms with Crippen molar-refractivity contribution < 1.29 is 19.5 Å². The van der Waals surface area contributed by atoms with E-state index < -0.39 is 17.3 Å². The minimum absolute atomic E-state index is 0.0514. The quantitative estimate of drug-likeness (QED) is 0.569. The van der Waals surface area contributed by atoms with Crippen LogP contribution in [0.1, 0.15) is 36.6 Å². The molecule has 1 aromatic heterocycles. The van der Waals surface area contributed by atoms with Crippen LogP contribution in [0.25, 0.3) is 11.1 Å². The maximum atomic E-state index is 12.8. The first-order chi connectivity index (χ1) is 13.5. The number of carboxylic acid groups (broad SMARTS) is 1. The number of pyridine rings is 1. The first kappa shape index (κ1) is 17.4. The molecule has 0 bridgehead atoms. The summed E-state index contributed by atoms with van der Waals surface area (Å²) in [5.41, 5.74) is 1.67. The summed E-state index contributed by atoms with van der Waals surface area (Å²) in [7, 11) is 0. The molecule has 0 aliphatic heterocycles. The summed E-state index contributed by atoms with van der Waals surface area (Å²) in [4.78, 5) is 48.1. The standard InChI is InChI=1S/C21H14N2O5/c24-17-8-9-23(10-16(17)21(27)28)11-22-20(26)15-7-3-6-13-12-4-1-2-5-14(12)19(25)18(13)15/h1-10H,11H2,(H,22,26)(H,27,28). The number of benzene rings is 2. The maximum absolute atomic E-state index is 12.8. The Morgan fingerprint density at radius 3 is 2.36 bits per heavy atom. The minimum atomic E-state index is -1.34. The molecule has 2 aromatic carbocycles. The van der Waals surface area contributed by atoms with Crippen molar-refractivity contribution in [3.8, 4) is 11.1 Å². The molecule has 0 saturated heterocycles. The Kier molecular flexibility index (Phi) is 4.12. The van der Waals surface area contributed by atoms with Gasteiger partial charge in [0, 0.05) is 29.6 Å². The number of hydrogen-bond acceptors (Lipinski definition) is 4. The molecule has 1 aliphatic rings. The summed E-state index contributed by atoms with van der Waals surface area (Å²) in [6.07, 6.45) is 2.53. The Morgan fingerprint density at radius 1 is 0.893 bits per heavy atom. The number of aromatic nitrogens is 1. The predicted molar refractivity (Wildman–Crippen MR) is 100 cm³/mol. The molecule has 1 amide bonds. The number of carboxylic acids is 1. The van der Waals surface area contributed by atoms with Gasteiger partial charge in [0.05, 0.1) is 12.2 Å². The van der Waals surface area contributed by atoms with E-state index in [1.165, 1.54) is 10.8 Å². The molecule has 1 aliphatic carbocycles. The van der Waals surface area contributed by atoms with Gasteiger partial charge in [-0.1, -0.05) is 36.4 Å². The first-order valence-corrected chi connectivity index (χ1v) is 8.46. The number of nitrogens with one attached hydrogen (secondary N) is 1. The predicted octanol–water partition coefficient (Wildman–Crippen LogP) is 2.15. The lowest BCUT2D eigenvalue weighted by Gasteiger charge is -2.11. The van der Waals surface area contributed by atoms with Gasteiger partial charge in [0.2, 0.25) is 0 Å².